The van der Waals surface area contributed by atoms with Crippen LogP contribution in [0.25, 0.3) is 0 Å². The van der Waals surface area contributed by atoms with Crippen molar-refractivity contribution in [1.29, 1.82) is 0 Å². The summed E-state index contributed by atoms with van der Waals surface area (Å²) in [6.07, 6.45) is 4.22. The second kappa shape index (κ2) is 3.02. The van der Waals surface area contributed by atoms with Gasteiger partial charge in [-0.05, 0) is 30.1 Å². The van der Waals surface area contributed by atoms with Gasteiger partial charge in [0.15, 0.2) is 0 Å². The largest absolute Gasteiger partial charge is 0.381 e. The molecular weight excluding hydrogens is 148 g/mol. The van der Waals surface area contributed by atoms with Crippen molar-refractivity contribution in [2.24, 2.45) is 10.8 Å². The van der Waals surface area contributed by atoms with Crippen molar-refractivity contribution >= 4 is 0 Å². The third-order valence-electron chi connectivity index (χ3n) is 3.99. The van der Waals surface area contributed by atoms with Crippen LogP contribution < -0.4 is 0 Å². The molecule has 1 saturated carbocycles. The van der Waals surface area contributed by atoms with Gasteiger partial charge in [0.05, 0.1) is 6.10 Å². The lowest BCUT2D eigenvalue weighted by Gasteiger charge is -2.48. The zero-order valence-corrected chi connectivity index (χ0v) is 9.11. The summed E-state index contributed by atoms with van der Waals surface area (Å²) in [5.74, 6) is 0. The summed E-state index contributed by atoms with van der Waals surface area (Å²) in [4.78, 5) is 0. The Balaban J connectivity index is 2.68. The van der Waals surface area contributed by atoms with Crippen LogP contribution in [-0.4, -0.2) is 13.2 Å². The van der Waals surface area contributed by atoms with E-state index in [1.165, 1.54) is 19.3 Å². The second-order valence-corrected chi connectivity index (χ2v) is 5.37. The number of hydrogen-bond donors (Lipinski definition) is 0. The lowest BCUT2D eigenvalue weighted by Crippen LogP contribution is -2.41. The average molecular weight is 170 g/mol. The first kappa shape index (κ1) is 10.0. The molecule has 0 aromatic heterocycles. The highest BCUT2D eigenvalue weighted by Crippen LogP contribution is 2.50. The molecule has 1 aliphatic rings. The van der Waals surface area contributed by atoms with Crippen molar-refractivity contribution in [1.82, 2.24) is 0 Å². The summed E-state index contributed by atoms with van der Waals surface area (Å²) >= 11 is 0. The first-order valence-electron chi connectivity index (χ1n) is 4.92. The summed E-state index contributed by atoms with van der Waals surface area (Å²) in [6.45, 7) is 9.47. The van der Waals surface area contributed by atoms with Gasteiger partial charge in [0.1, 0.15) is 0 Å². The van der Waals surface area contributed by atoms with Gasteiger partial charge in [-0.3, -0.25) is 0 Å². The zero-order valence-electron chi connectivity index (χ0n) is 9.11. The quantitative estimate of drug-likeness (QED) is 0.587. The van der Waals surface area contributed by atoms with E-state index in [1.807, 2.05) is 7.11 Å². The molecule has 72 valence electrons. The molecule has 0 aromatic carbocycles. The fourth-order valence-electron chi connectivity index (χ4n) is 2.01. The molecule has 12 heavy (non-hydrogen) atoms. The molecule has 0 saturated heterocycles. The highest BCUT2D eigenvalue weighted by atomic mass is 16.5. The van der Waals surface area contributed by atoms with Crippen LogP contribution >= 0.6 is 0 Å². The summed E-state index contributed by atoms with van der Waals surface area (Å²) in [6, 6.07) is 0. The molecule has 0 amide bonds. The van der Waals surface area contributed by atoms with E-state index in [0.717, 1.165) is 0 Å². The molecule has 1 aliphatic carbocycles. The van der Waals surface area contributed by atoms with Crippen LogP contribution in [0.4, 0.5) is 0 Å². The van der Waals surface area contributed by atoms with Gasteiger partial charge in [-0.15, -0.1) is 0 Å². The minimum atomic E-state index is 0.423. The number of ether oxygens (including phenoxy) is 1. The summed E-state index contributed by atoms with van der Waals surface area (Å²) in [5, 5.41) is 0. The van der Waals surface area contributed by atoms with Gasteiger partial charge in [0.2, 0.25) is 0 Å². The Kier molecular flexibility index (Phi) is 2.53. The van der Waals surface area contributed by atoms with Crippen molar-refractivity contribution in [2.45, 2.75) is 53.1 Å². The molecule has 0 aliphatic heterocycles. The third kappa shape index (κ3) is 1.66. The van der Waals surface area contributed by atoms with E-state index in [1.54, 1.807) is 0 Å². The molecule has 0 radical (unpaired) electrons. The smallest absolute Gasteiger partial charge is 0.0576 e. The second-order valence-electron chi connectivity index (χ2n) is 5.37. The van der Waals surface area contributed by atoms with Crippen LogP contribution in [0, 0.1) is 10.8 Å². The van der Waals surface area contributed by atoms with Gasteiger partial charge in [0, 0.05) is 7.11 Å². The van der Waals surface area contributed by atoms with E-state index in [9.17, 15) is 0 Å². The van der Waals surface area contributed by atoms with Gasteiger partial charge < -0.3 is 4.74 Å². The minimum Gasteiger partial charge on any atom is -0.381 e. The Morgan fingerprint density at radius 1 is 1.08 bits per heavy atom. The zero-order chi connectivity index (χ0) is 9.41. The molecule has 1 rings (SSSR count). The lowest BCUT2D eigenvalue weighted by atomic mass is 9.59. The third-order valence-corrected chi connectivity index (χ3v) is 3.99. The maximum absolute atomic E-state index is 5.42. The fraction of sp³-hybridized carbons (Fsp3) is 1.00. The SMILES string of the molecule is COC1CCC(C)(C)C(C)(C)C1. The van der Waals surface area contributed by atoms with E-state index >= 15 is 0 Å². The van der Waals surface area contributed by atoms with Crippen molar-refractivity contribution in [3.8, 4) is 0 Å². The van der Waals surface area contributed by atoms with Gasteiger partial charge in [-0.2, -0.15) is 0 Å². The highest BCUT2D eigenvalue weighted by molar-refractivity contribution is 4.92. The monoisotopic (exact) mass is 170 g/mol. The molecule has 1 fully saturated rings. The lowest BCUT2D eigenvalue weighted by molar-refractivity contribution is -0.0439. The van der Waals surface area contributed by atoms with Crippen molar-refractivity contribution in [3.63, 3.8) is 0 Å². The molecule has 1 atom stereocenters. The Bertz CT molecular complexity index is 158. The molecule has 0 spiro atoms. The minimum absolute atomic E-state index is 0.423. The van der Waals surface area contributed by atoms with Crippen molar-refractivity contribution in [2.75, 3.05) is 7.11 Å². The first-order valence-corrected chi connectivity index (χ1v) is 4.92. The predicted octanol–water partition coefficient (Wildman–Crippen LogP) is 3.24. The standard InChI is InChI=1S/C11H22O/c1-10(2)7-6-9(12-5)8-11(10,3)4/h9H,6-8H2,1-5H3. The van der Waals surface area contributed by atoms with E-state index in [-0.39, 0.29) is 0 Å². The summed E-state index contributed by atoms with van der Waals surface area (Å²) < 4.78 is 5.42. The Hall–Kier alpha value is -0.0400. The van der Waals surface area contributed by atoms with Crippen LogP contribution in [0.3, 0.4) is 0 Å². The van der Waals surface area contributed by atoms with Crippen LogP contribution in [0.5, 0.6) is 0 Å². The van der Waals surface area contributed by atoms with Gasteiger partial charge in [0.25, 0.3) is 0 Å². The molecule has 0 N–H and O–H groups in total. The normalized spacial score (nSPS) is 33.2. The molecule has 0 aromatic rings. The Labute approximate surface area is 76.5 Å². The highest BCUT2D eigenvalue weighted by Gasteiger charge is 2.42. The van der Waals surface area contributed by atoms with Crippen molar-refractivity contribution in [3.05, 3.63) is 0 Å². The molecular formula is C11H22O. The van der Waals surface area contributed by atoms with E-state index in [4.69, 9.17) is 4.74 Å². The molecule has 0 heterocycles. The van der Waals surface area contributed by atoms with Crippen LogP contribution in [0.1, 0.15) is 47.0 Å². The maximum atomic E-state index is 5.42. The van der Waals surface area contributed by atoms with Crippen LogP contribution in [0.15, 0.2) is 0 Å². The van der Waals surface area contributed by atoms with Gasteiger partial charge >= 0.3 is 0 Å². The molecule has 0 bridgehead atoms. The summed E-state index contributed by atoms with van der Waals surface area (Å²) in [5.41, 5.74) is 0.897. The maximum Gasteiger partial charge on any atom is 0.0576 e. The first-order chi connectivity index (χ1) is 5.39. The Morgan fingerprint density at radius 2 is 1.67 bits per heavy atom. The fourth-order valence-corrected chi connectivity index (χ4v) is 2.01. The van der Waals surface area contributed by atoms with E-state index in [2.05, 4.69) is 27.7 Å². The molecule has 1 heteroatoms. The number of hydrogen-bond acceptors (Lipinski definition) is 1. The van der Waals surface area contributed by atoms with Gasteiger partial charge in [-0.1, -0.05) is 27.7 Å². The number of methoxy groups -OCH3 is 1. The average Bonchev–Trinajstić information content (AvgIpc) is 1.95. The summed E-state index contributed by atoms with van der Waals surface area (Å²) in [7, 11) is 1.83. The predicted molar refractivity (Wildman–Crippen MR) is 52.2 cm³/mol. The Morgan fingerprint density at radius 3 is 2.08 bits per heavy atom. The van der Waals surface area contributed by atoms with E-state index < -0.39 is 0 Å². The van der Waals surface area contributed by atoms with Gasteiger partial charge in [-0.25, -0.2) is 0 Å². The van der Waals surface area contributed by atoms with Crippen LogP contribution in [0.2, 0.25) is 0 Å². The number of rotatable bonds is 1. The molecule has 1 nitrogen and oxygen atoms in total. The van der Waals surface area contributed by atoms with Crippen molar-refractivity contribution < 1.29 is 4.74 Å². The topological polar surface area (TPSA) is 9.23 Å². The van der Waals surface area contributed by atoms with Crippen LogP contribution in [-0.2, 0) is 4.74 Å². The van der Waals surface area contributed by atoms with E-state index in [0.29, 0.717) is 16.9 Å². The molecule has 1 unspecified atom stereocenters.